The third kappa shape index (κ3) is 7.56. The number of phenolic OH excluding ortho intramolecular Hbond substituents is 5. The zero-order chi connectivity index (χ0) is 35.7. The highest BCUT2D eigenvalue weighted by atomic mass is 16.3. The second-order valence-electron chi connectivity index (χ2n) is 13.8. The van der Waals surface area contributed by atoms with E-state index >= 15 is 0 Å². The molecule has 5 aromatic carbocycles. The number of rotatable bonds is 9. The predicted molar refractivity (Wildman–Crippen MR) is 198 cm³/mol. The Labute approximate surface area is 293 Å². The highest BCUT2D eigenvalue weighted by Crippen LogP contribution is 2.39. The van der Waals surface area contributed by atoms with Gasteiger partial charge in [0, 0.05) is 31.6 Å². The molecule has 0 bridgehead atoms. The predicted octanol–water partition coefficient (Wildman–Crippen LogP) is 8.61. The fourth-order valence-corrected chi connectivity index (χ4v) is 6.76. The maximum Gasteiger partial charge on any atom is 0.122 e. The van der Waals surface area contributed by atoms with Crippen LogP contribution in [0, 0.1) is 26.7 Å². The van der Waals surface area contributed by atoms with Gasteiger partial charge in [-0.25, -0.2) is 0 Å². The fraction of sp³-hybridized carbons (Fsp3) is 0.227. The summed E-state index contributed by atoms with van der Waals surface area (Å²) >= 11 is 0. The van der Waals surface area contributed by atoms with Crippen LogP contribution in [0.25, 0.3) is 11.1 Å². The summed E-state index contributed by atoms with van der Waals surface area (Å²) in [5, 5.41) is 64.1. The SMILES string of the molecule is Cc1cc(Cc2cc(-c3cc(Cc4ccc(O)c(C)c4)c(O)c(Cc4ccc(O)c(C)c4)c3)cc(CC3=CC(C)C(O)C=C3)c2O)ccc1O. The van der Waals surface area contributed by atoms with E-state index < -0.39 is 6.10 Å². The minimum absolute atomic E-state index is 0.0472. The summed E-state index contributed by atoms with van der Waals surface area (Å²) in [5.41, 5.74) is 10.8. The van der Waals surface area contributed by atoms with Crippen molar-refractivity contribution in [3.8, 4) is 39.9 Å². The first-order chi connectivity index (χ1) is 23.8. The zero-order valence-electron chi connectivity index (χ0n) is 28.9. The van der Waals surface area contributed by atoms with Gasteiger partial charge in [-0.15, -0.1) is 0 Å². The number of benzene rings is 5. The second kappa shape index (κ2) is 14.2. The molecule has 6 nitrogen and oxygen atoms in total. The molecule has 0 radical (unpaired) electrons. The van der Waals surface area contributed by atoms with Gasteiger partial charge in [-0.3, -0.25) is 0 Å². The summed E-state index contributed by atoms with van der Waals surface area (Å²) in [4.78, 5) is 0. The van der Waals surface area contributed by atoms with Crippen molar-refractivity contribution in [1.29, 1.82) is 0 Å². The molecular formula is C44H44O6. The Balaban J connectivity index is 1.49. The van der Waals surface area contributed by atoms with Gasteiger partial charge in [-0.2, -0.15) is 0 Å². The topological polar surface area (TPSA) is 121 Å². The van der Waals surface area contributed by atoms with Crippen LogP contribution in [0.4, 0.5) is 0 Å². The number of aromatic hydroxyl groups is 5. The number of hydrogen-bond donors (Lipinski definition) is 6. The third-order valence-electron chi connectivity index (χ3n) is 9.75. The summed E-state index contributed by atoms with van der Waals surface area (Å²) in [6.45, 7) is 7.51. The van der Waals surface area contributed by atoms with Gasteiger partial charge in [0.15, 0.2) is 0 Å². The van der Waals surface area contributed by atoms with Gasteiger partial charge in [0.25, 0.3) is 0 Å². The van der Waals surface area contributed by atoms with Crippen LogP contribution in [0.3, 0.4) is 0 Å². The van der Waals surface area contributed by atoms with Crippen LogP contribution in [0.15, 0.2) is 103 Å². The molecule has 6 N–H and O–H groups in total. The van der Waals surface area contributed by atoms with Crippen molar-refractivity contribution in [1.82, 2.24) is 0 Å². The van der Waals surface area contributed by atoms with Crippen molar-refractivity contribution >= 4 is 0 Å². The number of aliphatic hydroxyl groups is 1. The molecule has 1 aliphatic rings. The van der Waals surface area contributed by atoms with E-state index in [0.29, 0.717) is 25.7 Å². The molecule has 5 aromatic rings. The molecular weight excluding hydrogens is 624 g/mol. The van der Waals surface area contributed by atoms with Gasteiger partial charge in [0.1, 0.15) is 28.7 Å². The lowest BCUT2D eigenvalue weighted by Gasteiger charge is -2.20. The molecule has 256 valence electrons. The lowest BCUT2D eigenvalue weighted by molar-refractivity contribution is 0.183. The van der Waals surface area contributed by atoms with Crippen molar-refractivity contribution in [3.05, 3.63) is 158 Å². The van der Waals surface area contributed by atoms with Crippen LogP contribution < -0.4 is 0 Å². The monoisotopic (exact) mass is 668 g/mol. The van der Waals surface area contributed by atoms with Crippen LogP contribution in [0.2, 0.25) is 0 Å². The maximum atomic E-state index is 11.7. The van der Waals surface area contributed by atoms with Gasteiger partial charge < -0.3 is 30.6 Å². The fourth-order valence-electron chi connectivity index (χ4n) is 6.76. The van der Waals surface area contributed by atoms with Crippen LogP contribution in [-0.2, 0) is 25.7 Å². The Bertz CT molecular complexity index is 2070. The van der Waals surface area contributed by atoms with Gasteiger partial charge in [0.2, 0.25) is 0 Å². The van der Waals surface area contributed by atoms with Crippen LogP contribution in [-0.4, -0.2) is 36.7 Å². The Kier molecular flexibility index (Phi) is 9.76. The van der Waals surface area contributed by atoms with E-state index in [2.05, 4.69) is 0 Å². The van der Waals surface area contributed by atoms with E-state index in [1.165, 1.54) is 0 Å². The van der Waals surface area contributed by atoms with Crippen LogP contribution >= 0.6 is 0 Å². The molecule has 50 heavy (non-hydrogen) atoms. The average molecular weight is 669 g/mol. The van der Waals surface area contributed by atoms with Crippen molar-refractivity contribution in [2.24, 2.45) is 5.92 Å². The summed E-state index contributed by atoms with van der Waals surface area (Å²) in [5.74, 6) is 0.996. The molecule has 0 saturated heterocycles. The van der Waals surface area contributed by atoms with Gasteiger partial charge >= 0.3 is 0 Å². The van der Waals surface area contributed by atoms with Crippen molar-refractivity contribution < 1.29 is 30.6 Å². The largest absolute Gasteiger partial charge is 0.508 e. The molecule has 0 amide bonds. The highest BCUT2D eigenvalue weighted by molar-refractivity contribution is 5.72. The minimum Gasteiger partial charge on any atom is -0.508 e. The lowest BCUT2D eigenvalue weighted by atomic mass is 9.87. The second-order valence-corrected chi connectivity index (χ2v) is 13.8. The van der Waals surface area contributed by atoms with Gasteiger partial charge in [0.05, 0.1) is 6.10 Å². The summed E-state index contributed by atoms with van der Waals surface area (Å²) in [6.07, 6.45) is 6.97. The Morgan fingerprint density at radius 3 is 1.20 bits per heavy atom. The number of hydrogen-bond acceptors (Lipinski definition) is 6. The molecule has 0 fully saturated rings. The Morgan fingerprint density at radius 1 is 0.500 bits per heavy atom. The zero-order valence-corrected chi connectivity index (χ0v) is 28.9. The van der Waals surface area contributed by atoms with E-state index in [1.54, 1.807) is 24.3 Å². The van der Waals surface area contributed by atoms with E-state index in [-0.39, 0.29) is 34.7 Å². The molecule has 0 aromatic heterocycles. The van der Waals surface area contributed by atoms with Crippen molar-refractivity contribution in [3.63, 3.8) is 0 Å². The highest BCUT2D eigenvalue weighted by Gasteiger charge is 2.20. The summed E-state index contributed by atoms with van der Waals surface area (Å²) in [7, 11) is 0. The first-order valence-electron chi connectivity index (χ1n) is 17.0. The molecule has 0 aliphatic heterocycles. The average Bonchev–Trinajstić information content (AvgIpc) is 3.07. The minimum atomic E-state index is -0.546. The smallest absolute Gasteiger partial charge is 0.122 e. The molecule has 1 aliphatic carbocycles. The molecule has 0 spiro atoms. The van der Waals surface area contributed by atoms with Gasteiger partial charge in [-0.1, -0.05) is 61.5 Å². The molecule has 6 heteroatoms. The quantitative estimate of drug-likeness (QED) is 0.0936. The number of allylic oxidation sites excluding steroid dienone is 2. The Morgan fingerprint density at radius 2 is 0.860 bits per heavy atom. The number of aryl methyl sites for hydroxylation is 3. The summed E-state index contributed by atoms with van der Waals surface area (Å²) in [6, 6.07) is 24.3. The molecule has 2 atom stereocenters. The summed E-state index contributed by atoms with van der Waals surface area (Å²) < 4.78 is 0. The normalized spacial score (nSPS) is 15.7. The molecule has 0 heterocycles. The number of aliphatic hydroxyl groups excluding tert-OH is 1. The maximum absolute atomic E-state index is 11.7. The van der Waals surface area contributed by atoms with Crippen molar-refractivity contribution in [2.75, 3.05) is 0 Å². The molecule has 6 rings (SSSR count). The van der Waals surface area contributed by atoms with E-state index in [9.17, 15) is 30.6 Å². The van der Waals surface area contributed by atoms with Gasteiger partial charge in [-0.05, 0) is 136 Å². The first-order valence-corrected chi connectivity index (χ1v) is 17.0. The standard InChI is InChI=1S/C44H44O6/c1-25-13-29(5-9-39(25)45)17-35-21-33(22-36(43(35)49)18-30-6-10-40(46)26(2)14-30)34-23-37(19-31-7-11-41(47)27(3)15-31)44(50)38(24-34)20-32-8-12-42(48)28(4)16-32/h5-16,21-25,39,45-50H,17-20H2,1-4H3. The van der Waals surface area contributed by atoms with E-state index in [0.717, 1.165) is 72.3 Å². The molecule has 2 unspecified atom stereocenters. The molecule has 0 saturated carbocycles. The first kappa shape index (κ1) is 34.4. The van der Waals surface area contributed by atoms with Crippen LogP contribution in [0.5, 0.6) is 28.7 Å². The lowest BCUT2D eigenvalue weighted by Crippen LogP contribution is -2.16. The number of phenols is 5. The van der Waals surface area contributed by atoms with Crippen molar-refractivity contribution in [2.45, 2.75) is 59.5 Å². The van der Waals surface area contributed by atoms with Crippen LogP contribution in [0.1, 0.15) is 62.6 Å². The Hall–Kier alpha value is -5.46. The van der Waals surface area contributed by atoms with E-state index in [4.69, 9.17) is 0 Å². The third-order valence-corrected chi connectivity index (χ3v) is 9.75. The van der Waals surface area contributed by atoms with E-state index in [1.807, 2.05) is 101 Å².